The highest BCUT2D eigenvalue weighted by atomic mass is 16.5. The van der Waals surface area contributed by atoms with Gasteiger partial charge in [-0.05, 0) is 35.8 Å². The highest BCUT2D eigenvalue weighted by Crippen LogP contribution is 2.48. The predicted molar refractivity (Wildman–Crippen MR) is 76.5 cm³/mol. The van der Waals surface area contributed by atoms with Gasteiger partial charge in [-0.2, -0.15) is 0 Å². The fraction of sp³-hybridized carbons (Fsp3) is 0.500. The lowest BCUT2D eigenvalue weighted by molar-refractivity contribution is 0.171. The lowest BCUT2D eigenvalue weighted by atomic mass is 10.0. The number of benzene rings is 1. The van der Waals surface area contributed by atoms with Crippen molar-refractivity contribution in [1.29, 1.82) is 0 Å². The number of hydrogen-bond donors (Lipinski definition) is 1. The zero-order valence-electron chi connectivity index (χ0n) is 11.2. The summed E-state index contributed by atoms with van der Waals surface area (Å²) in [6.07, 6.45) is 3.84. The van der Waals surface area contributed by atoms with Crippen LogP contribution in [0.2, 0.25) is 0 Å². The number of hydrogen-bond acceptors (Lipinski definition) is 2. The van der Waals surface area contributed by atoms with Crippen molar-refractivity contribution in [3.8, 4) is 0 Å². The standard InChI is InChI=1S/C16H23NO/c1-14(15-6-4-3-5-7-15)12-17-13-16(8-9-16)10-11-18-2/h3-7,17H,1,8-13H2,2H3. The molecule has 1 aliphatic carbocycles. The summed E-state index contributed by atoms with van der Waals surface area (Å²) < 4.78 is 5.17. The maximum absolute atomic E-state index is 5.17. The molecule has 0 aromatic heterocycles. The first-order valence-electron chi connectivity index (χ1n) is 6.69. The van der Waals surface area contributed by atoms with Crippen LogP contribution in [0.5, 0.6) is 0 Å². The first-order valence-corrected chi connectivity index (χ1v) is 6.69. The summed E-state index contributed by atoms with van der Waals surface area (Å²) in [7, 11) is 1.78. The van der Waals surface area contributed by atoms with Crippen molar-refractivity contribution in [2.45, 2.75) is 19.3 Å². The van der Waals surface area contributed by atoms with E-state index in [1.54, 1.807) is 7.11 Å². The minimum absolute atomic E-state index is 0.507. The van der Waals surface area contributed by atoms with Crippen LogP contribution in [0.3, 0.4) is 0 Å². The number of ether oxygens (including phenoxy) is 1. The summed E-state index contributed by atoms with van der Waals surface area (Å²) in [4.78, 5) is 0. The third-order valence-electron chi connectivity index (χ3n) is 3.81. The minimum atomic E-state index is 0.507. The van der Waals surface area contributed by atoms with E-state index in [9.17, 15) is 0 Å². The van der Waals surface area contributed by atoms with E-state index in [0.29, 0.717) is 5.41 Å². The van der Waals surface area contributed by atoms with Crippen LogP contribution < -0.4 is 5.32 Å². The fourth-order valence-electron chi connectivity index (χ4n) is 2.26. The molecule has 18 heavy (non-hydrogen) atoms. The largest absolute Gasteiger partial charge is 0.385 e. The molecule has 0 saturated heterocycles. The fourth-order valence-corrected chi connectivity index (χ4v) is 2.26. The maximum atomic E-state index is 5.17. The van der Waals surface area contributed by atoms with E-state index in [1.807, 2.05) is 6.07 Å². The molecular formula is C16H23NO. The molecule has 0 amide bonds. The van der Waals surface area contributed by atoms with Gasteiger partial charge in [0.15, 0.2) is 0 Å². The summed E-state index contributed by atoms with van der Waals surface area (Å²) in [6.45, 7) is 6.98. The van der Waals surface area contributed by atoms with Gasteiger partial charge < -0.3 is 10.1 Å². The smallest absolute Gasteiger partial charge is 0.0468 e. The van der Waals surface area contributed by atoms with Gasteiger partial charge in [0, 0.05) is 26.8 Å². The minimum Gasteiger partial charge on any atom is -0.385 e. The van der Waals surface area contributed by atoms with E-state index < -0.39 is 0 Å². The number of rotatable bonds is 8. The first kappa shape index (κ1) is 13.3. The molecule has 1 aromatic rings. The van der Waals surface area contributed by atoms with Crippen LogP contribution in [0.1, 0.15) is 24.8 Å². The van der Waals surface area contributed by atoms with Gasteiger partial charge in [-0.15, -0.1) is 0 Å². The van der Waals surface area contributed by atoms with E-state index in [0.717, 1.165) is 25.3 Å². The molecule has 1 N–H and O–H groups in total. The SMILES string of the molecule is C=C(CNCC1(CCOC)CC1)c1ccccc1. The molecule has 0 unspecified atom stereocenters. The molecule has 0 aliphatic heterocycles. The molecule has 2 rings (SSSR count). The number of nitrogens with one attached hydrogen (secondary N) is 1. The van der Waals surface area contributed by atoms with Crippen LogP contribution in [0.4, 0.5) is 0 Å². The lowest BCUT2D eigenvalue weighted by Gasteiger charge is -2.16. The summed E-state index contributed by atoms with van der Waals surface area (Å²) in [5.74, 6) is 0. The quantitative estimate of drug-likeness (QED) is 0.760. The Morgan fingerprint density at radius 3 is 2.67 bits per heavy atom. The molecule has 0 heterocycles. The Morgan fingerprint density at radius 2 is 2.06 bits per heavy atom. The van der Waals surface area contributed by atoms with Crippen molar-refractivity contribution >= 4 is 5.57 Å². The van der Waals surface area contributed by atoms with Gasteiger partial charge in [0.1, 0.15) is 0 Å². The third kappa shape index (κ3) is 3.69. The molecule has 0 bridgehead atoms. The Bertz CT molecular complexity index is 381. The second kappa shape index (κ2) is 6.17. The van der Waals surface area contributed by atoms with Gasteiger partial charge in [0.25, 0.3) is 0 Å². The molecule has 1 saturated carbocycles. The maximum Gasteiger partial charge on any atom is 0.0468 e. The summed E-state index contributed by atoms with van der Waals surface area (Å²) >= 11 is 0. The highest BCUT2D eigenvalue weighted by molar-refractivity contribution is 5.64. The van der Waals surface area contributed by atoms with Crippen molar-refractivity contribution in [1.82, 2.24) is 5.32 Å². The summed E-state index contributed by atoms with van der Waals surface area (Å²) in [6, 6.07) is 10.4. The third-order valence-corrected chi connectivity index (χ3v) is 3.81. The zero-order valence-corrected chi connectivity index (χ0v) is 11.2. The van der Waals surface area contributed by atoms with Gasteiger partial charge in [-0.1, -0.05) is 36.9 Å². The van der Waals surface area contributed by atoms with Crippen molar-refractivity contribution in [3.63, 3.8) is 0 Å². The van der Waals surface area contributed by atoms with E-state index in [1.165, 1.54) is 24.8 Å². The average Bonchev–Trinajstić information content (AvgIpc) is 3.18. The van der Waals surface area contributed by atoms with Crippen LogP contribution in [0.15, 0.2) is 36.9 Å². The summed E-state index contributed by atoms with van der Waals surface area (Å²) in [5.41, 5.74) is 2.90. The Hall–Kier alpha value is -1.12. The zero-order chi connectivity index (χ0) is 12.8. The highest BCUT2D eigenvalue weighted by Gasteiger charge is 2.41. The van der Waals surface area contributed by atoms with Crippen LogP contribution in [-0.2, 0) is 4.74 Å². The normalized spacial score (nSPS) is 16.5. The van der Waals surface area contributed by atoms with Crippen LogP contribution in [-0.4, -0.2) is 26.8 Å². The van der Waals surface area contributed by atoms with E-state index in [4.69, 9.17) is 4.74 Å². The summed E-state index contributed by atoms with van der Waals surface area (Å²) in [5, 5.41) is 3.54. The van der Waals surface area contributed by atoms with Crippen molar-refractivity contribution in [2.24, 2.45) is 5.41 Å². The molecule has 2 heteroatoms. The van der Waals surface area contributed by atoms with Crippen molar-refractivity contribution in [3.05, 3.63) is 42.5 Å². The molecule has 98 valence electrons. The second-order valence-corrected chi connectivity index (χ2v) is 5.32. The molecule has 0 atom stereocenters. The van der Waals surface area contributed by atoms with Gasteiger partial charge in [-0.25, -0.2) is 0 Å². The second-order valence-electron chi connectivity index (χ2n) is 5.32. The van der Waals surface area contributed by atoms with Gasteiger partial charge in [0.05, 0.1) is 0 Å². The first-order chi connectivity index (χ1) is 8.76. The van der Waals surface area contributed by atoms with Crippen LogP contribution in [0, 0.1) is 5.41 Å². The topological polar surface area (TPSA) is 21.3 Å². The Labute approximate surface area is 110 Å². The Balaban J connectivity index is 1.71. The molecular weight excluding hydrogens is 222 g/mol. The van der Waals surface area contributed by atoms with Gasteiger partial charge >= 0.3 is 0 Å². The van der Waals surface area contributed by atoms with Gasteiger partial charge in [-0.3, -0.25) is 0 Å². The Kier molecular flexibility index (Phi) is 4.56. The van der Waals surface area contributed by atoms with E-state index >= 15 is 0 Å². The van der Waals surface area contributed by atoms with Crippen molar-refractivity contribution in [2.75, 3.05) is 26.8 Å². The van der Waals surface area contributed by atoms with Gasteiger partial charge in [0.2, 0.25) is 0 Å². The number of methoxy groups -OCH3 is 1. The molecule has 0 spiro atoms. The Morgan fingerprint density at radius 1 is 1.33 bits per heavy atom. The molecule has 1 aliphatic rings. The van der Waals surface area contributed by atoms with Crippen molar-refractivity contribution < 1.29 is 4.74 Å². The predicted octanol–water partition coefficient (Wildman–Crippen LogP) is 3.11. The monoisotopic (exact) mass is 245 g/mol. The van der Waals surface area contributed by atoms with Crippen LogP contribution in [0.25, 0.3) is 5.57 Å². The molecule has 1 aromatic carbocycles. The van der Waals surface area contributed by atoms with Crippen LogP contribution >= 0.6 is 0 Å². The van der Waals surface area contributed by atoms with E-state index in [-0.39, 0.29) is 0 Å². The molecule has 1 fully saturated rings. The average molecular weight is 245 g/mol. The van der Waals surface area contributed by atoms with E-state index in [2.05, 4.69) is 36.2 Å². The molecule has 0 radical (unpaired) electrons. The lowest BCUT2D eigenvalue weighted by Crippen LogP contribution is -2.26. The molecule has 2 nitrogen and oxygen atoms in total.